The number of nitrogens with zero attached hydrogens (tertiary/aromatic N) is 4. The van der Waals surface area contributed by atoms with E-state index in [2.05, 4.69) is 20.4 Å². The highest BCUT2D eigenvalue weighted by Crippen LogP contribution is 2.30. The number of carbonyl (C=O) groups excluding carboxylic acids is 2. The first-order chi connectivity index (χ1) is 15.7. The van der Waals surface area contributed by atoms with Crippen LogP contribution in [0.4, 0.5) is 11.6 Å². The maximum absolute atomic E-state index is 12.9. The number of fused-ring (bicyclic) bond motifs is 1. The molecule has 1 N–H and O–H groups in total. The zero-order chi connectivity index (χ0) is 21.9. The second kappa shape index (κ2) is 9.07. The Morgan fingerprint density at radius 2 is 2.03 bits per heavy atom. The smallest absolute Gasteiger partial charge is 0.262 e. The predicted molar refractivity (Wildman–Crippen MR) is 120 cm³/mol. The first-order valence-electron chi connectivity index (χ1n) is 10.6. The predicted octanol–water partition coefficient (Wildman–Crippen LogP) is 3.22. The summed E-state index contributed by atoms with van der Waals surface area (Å²) < 4.78 is 12.9. The van der Waals surface area contributed by atoms with E-state index in [1.165, 1.54) is 18.2 Å². The molecule has 0 radical (unpaired) electrons. The van der Waals surface area contributed by atoms with Crippen LogP contribution in [-0.2, 0) is 11.3 Å². The largest absolute Gasteiger partial charge is 0.482 e. The molecule has 10 heteroatoms. The zero-order valence-electron chi connectivity index (χ0n) is 17.5. The third kappa shape index (κ3) is 4.36. The summed E-state index contributed by atoms with van der Waals surface area (Å²) in [5, 5.41) is 12.2. The average Bonchev–Trinajstić information content (AvgIpc) is 3.48. The summed E-state index contributed by atoms with van der Waals surface area (Å²) in [6.45, 7) is 2.39. The second-order valence-corrected chi connectivity index (χ2v) is 8.70. The van der Waals surface area contributed by atoms with Crippen LogP contribution < -0.4 is 15.0 Å². The average molecular weight is 454 g/mol. The Morgan fingerprint density at radius 3 is 2.84 bits per heavy atom. The summed E-state index contributed by atoms with van der Waals surface area (Å²) in [5.74, 6) is 2.09. The molecule has 1 saturated heterocycles. The Bertz CT molecular complexity index is 1120. The van der Waals surface area contributed by atoms with Crippen molar-refractivity contribution in [2.75, 3.05) is 35.7 Å². The Kier molecular flexibility index (Phi) is 5.85. The molecule has 2 aliphatic rings. The minimum Gasteiger partial charge on any atom is -0.482 e. The van der Waals surface area contributed by atoms with Gasteiger partial charge in [0, 0.05) is 18.7 Å². The summed E-state index contributed by atoms with van der Waals surface area (Å²) in [6, 6.07) is 8.85. The minimum absolute atomic E-state index is 0.0131. The Morgan fingerprint density at radius 1 is 1.16 bits per heavy atom. The van der Waals surface area contributed by atoms with Gasteiger partial charge in [-0.25, -0.2) is 0 Å². The number of ether oxygens (including phenoxy) is 1. The van der Waals surface area contributed by atoms with E-state index in [4.69, 9.17) is 9.15 Å². The Labute approximate surface area is 189 Å². The first kappa shape index (κ1) is 20.6. The molecular weight excluding hydrogens is 430 g/mol. The number of aromatic nitrogens is 3. The fraction of sp³-hybridized carbons (Fsp3) is 0.364. The molecule has 3 aromatic rings. The molecule has 0 saturated carbocycles. The number of carbonyl (C=O) groups is 2. The van der Waals surface area contributed by atoms with Crippen LogP contribution in [-0.4, -0.2) is 51.9 Å². The van der Waals surface area contributed by atoms with E-state index < -0.39 is 0 Å². The standard InChI is InChI=1S/C22H23N5O4S/c28-18(15-6-7-19-17(11-15)23-20(29)13-31-19)14-32-22-25-24-21(26-8-2-1-3-9-26)27(22)12-16-5-4-10-30-16/h4-7,10-11H,1-3,8-9,12-14H2,(H,23,29). The number of hydrogen-bond acceptors (Lipinski definition) is 8. The quantitative estimate of drug-likeness (QED) is 0.430. The van der Waals surface area contributed by atoms with Crippen LogP contribution in [0.5, 0.6) is 5.75 Å². The summed E-state index contributed by atoms with van der Waals surface area (Å²) in [7, 11) is 0. The van der Waals surface area contributed by atoms with Gasteiger partial charge in [-0.1, -0.05) is 11.8 Å². The lowest BCUT2D eigenvalue weighted by atomic mass is 10.1. The summed E-state index contributed by atoms with van der Waals surface area (Å²) in [5.41, 5.74) is 1.03. The van der Waals surface area contributed by atoms with E-state index in [1.54, 1.807) is 24.5 Å². The number of furan rings is 1. The minimum atomic E-state index is -0.229. The molecule has 1 aromatic carbocycles. The van der Waals surface area contributed by atoms with Crippen LogP contribution in [0.15, 0.2) is 46.2 Å². The number of thioether (sulfide) groups is 1. The van der Waals surface area contributed by atoms with Crippen molar-refractivity contribution in [1.82, 2.24) is 14.8 Å². The lowest BCUT2D eigenvalue weighted by Gasteiger charge is -2.27. The monoisotopic (exact) mass is 453 g/mol. The number of ketones is 1. The van der Waals surface area contributed by atoms with E-state index in [0.29, 0.717) is 28.7 Å². The number of anilines is 2. The van der Waals surface area contributed by atoms with Crippen molar-refractivity contribution in [2.45, 2.75) is 31.0 Å². The van der Waals surface area contributed by atoms with Gasteiger partial charge in [0.1, 0.15) is 11.5 Å². The van der Waals surface area contributed by atoms with Crippen LogP contribution in [0.2, 0.25) is 0 Å². The highest BCUT2D eigenvalue weighted by molar-refractivity contribution is 7.99. The maximum Gasteiger partial charge on any atom is 0.262 e. The fourth-order valence-corrected chi connectivity index (χ4v) is 4.71. The molecule has 2 aliphatic heterocycles. The number of nitrogens with one attached hydrogen (secondary N) is 1. The number of amides is 1. The van der Waals surface area contributed by atoms with Gasteiger partial charge in [0.05, 0.1) is 24.2 Å². The lowest BCUT2D eigenvalue weighted by molar-refractivity contribution is -0.118. The van der Waals surface area contributed by atoms with Gasteiger partial charge < -0.3 is 19.4 Å². The van der Waals surface area contributed by atoms with Crippen LogP contribution in [0, 0.1) is 0 Å². The molecule has 1 amide bonds. The van der Waals surface area contributed by atoms with E-state index in [1.807, 2.05) is 16.7 Å². The van der Waals surface area contributed by atoms with Gasteiger partial charge in [-0.15, -0.1) is 10.2 Å². The molecule has 9 nitrogen and oxygen atoms in total. The van der Waals surface area contributed by atoms with E-state index in [0.717, 1.165) is 37.6 Å². The van der Waals surface area contributed by atoms with Crippen LogP contribution in [0.1, 0.15) is 35.4 Å². The van der Waals surface area contributed by atoms with Crippen molar-refractivity contribution in [1.29, 1.82) is 0 Å². The van der Waals surface area contributed by atoms with Gasteiger partial charge in [-0.3, -0.25) is 14.2 Å². The number of hydrogen-bond donors (Lipinski definition) is 1. The van der Waals surface area contributed by atoms with Gasteiger partial charge in [0.15, 0.2) is 17.5 Å². The van der Waals surface area contributed by atoms with Crippen molar-refractivity contribution >= 4 is 35.1 Å². The molecular formula is C22H23N5O4S. The van der Waals surface area contributed by atoms with Crippen molar-refractivity contribution in [3.8, 4) is 5.75 Å². The van der Waals surface area contributed by atoms with Gasteiger partial charge in [-0.2, -0.15) is 0 Å². The van der Waals surface area contributed by atoms with E-state index in [-0.39, 0.29) is 24.1 Å². The molecule has 0 unspecified atom stereocenters. The SMILES string of the molecule is O=C1COc2ccc(C(=O)CSc3nnc(N4CCCCC4)n3Cc3ccco3)cc2N1. The Hall–Kier alpha value is -3.27. The zero-order valence-corrected chi connectivity index (χ0v) is 18.3. The highest BCUT2D eigenvalue weighted by atomic mass is 32.2. The van der Waals surface area contributed by atoms with Crippen molar-refractivity contribution in [3.05, 3.63) is 47.9 Å². The van der Waals surface area contributed by atoms with Crippen LogP contribution in [0.25, 0.3) is 0 Å². The highest BCUT2D eigenvalue weighted by Gasteiger charge is 2.23. The molecule has 0 spiro atoms. The van der Waals surface area contributed by atoms with Crippen LogP contribution >= 0.6 is 11.8 Å². The number of rotatable bonds is 7. The molecule has 2 aromatic heterocycles. The Balaban J connectivity index is 1.33. The normalized spacial score (nSPS) is 15.8. The summed E-state index contributed by atoms with van der Waals surface area (Å²) in [4.78, 5) is 26.7. The first-order valence-corrected chi connectivity index (χ1v) is 11.6. The molecule has 5 rings (SSSR count). The maximum atomic E-state index is 12.9. The van der Waals surface area contributed by atoms with E-state index >= 15 is 0 Å². The summed E-state index contributed by atoms with van der Waals surface area (Å²) >= 11 is 1.35. The van der Waals surface area contributed by atoms with E-state index in [9.17, 15) is 9.59 Å². The molecule has 1 fully saturated rings. The number of benzene rings is 1. The van der Waals surface area contributed by atoms with Crippen molar-refractivity contribution in [2.24, 2.45) is 0 Å². The fourth-order valence-electron chi connectivity index (χ4n) is 3.88. The lowest BCUT2D eigenvalue weighted by Crippen LogP contribution is -2.32. The third-order valence-corrected chi connectivity index (χ3v) is 6.46. The summed E-state index contributed by atoms with van der Waals surface area (Å²) in [6.07, 6.45) is 5.14. The van der Waals surface area contributed by atoms with Gasteiger partial charge in [-0.05, 0) is 49.6 Å². The van der Waals surface area contributed by atoms with Crippen molar-refractivity contribution < 1.29 is 18.7 Å². The third-order valence-electron chi connectivity index (χ3n) is 5.50. The van der Waals surface area contributed by atoms with Crippen molar-refractivity contribution in [3.63, 3.8) is 0 Å². The number of piperidine rings is 1. The molecule has 0 atom stereocenters. The van der Waals surface area contributed by atoms with Gasteiger partial charge >= 0.3 is 0 Å². The molecule has 0 aliphatic carbocycles. The second-order valence-electron chi connectivity index (χ2n) is 7.76. The number of Topliss-reactive ketones (excluding diaryl/α,β-unsaturated/α-hetero) is 1. The molecule has 166 valence electrons. The molecule has 4 heterocycles. The van der Waals surface area contributed by atoms with Gasteiger partial charge in [0.2, 0.25) is 5.95 Å². The molecule has 0 bridgehead atoms. The topological polar surface area (TPSA) is 102 Å². The van der Waals surface area contributed by atoms with Gasteiger partial charge in [0.25, 0.3) is 5.91 Å². The van der Waals surface area contributed by atoms with Crippen LogP contribution in [0.3, 0.4) is 0 Å². The molecule has 32 heavy (non-hydrogen) atoms.